The molecule has 0 spiro atoms. The maximum atomic E-state index is 9.68. The Labute approximate surface area is 135 Å². The summed E-state index contributed by atoms with van der Waals surface area (Å²) in [5.74, 6) is 1.22. The Morgan fingerprint density at radius 3 is 2.26 bits per heavy atom. The van der Waals surface area contributed by atoms with Gasteiger partial charge in [0.1, 0.15) is 17.2 Å². The average Bonchev–Trinajstić information content (AvgIpc) is 2.99. The largest absolute Gasteiger partial charge is 0.508 e. The van der Waals surface area contributed by atoms with Crippen molar-refractivity contribution in [1.29, 1.82) is 0 Å². The Balaban J connectivity index is 2.14. The third-order valence-electron chi connectivity index (χ3n) is 4.00. The molecule has 2 aromatic carbocycles. The van der Waals surface area contributed by atoms with Crippen LogP contribution in [0.1, 0.15) is 25.0 Å². The quantitative estimate of drug-likeness (QED) is 0.742. The highest BCUT2D eigenvalue weighted by atomic mass is 16.5. The normalized spacial score (nSPS) is 10.9. The highest BCUT2D eigenvalue weighted by Gasteiger charge is 2.19. The molecule has 0 aliphatic heterocycles. The van der Waals surface area contributed by atoms with Crippen molar-refractivity contribution in [2.24, 2.45) is 0 Å². The number of benzene rings is 2. The predicted molar refractivity (Wildman–Crippen MR) is 89.5 cm³/mol. The number of nitrogens with zero attached hydrogens (tertiary/aromatic N) is 1. The van der Waals surface area contributed by atoms with Gasteiger partial charge in [-0.2, -0.15) is 0 Å². The molecular formula is C19H19NO3. The van der Waals surface area contributed by atoms with Crippen LogP contribution in [0.15, 0.2) is 47.0 Å². The Bertz CT molecular complexity index is 819. The van der Waals surface area contributed by atoms with Gasteiger partial charge in [0.15, 0.2) is 5.76 Å². The van der Waals surface area contributed by atoms with Crippen molar-refractivity contribution >= 4 is 0 Å². The highest BCUT2D eigenvalue weighted by Crippen LogP contribution is 2.36. The van der Waals surface area contributed by atoms with E-state index in [1.54, 1.807) is 24.3 Å². The monoisotopic (exact) mass is 309 g/mol. The van der Waals surface area contributed by atoms with E-state index in [0.29, 0.717) is 0 Å². The van der Waals surface area contributed by atoms with Crippen LogP contribution in [0.4, 0.5) is 0 Å². The number of aromatic nitrogens is 1. The average molecular weight is 309 g/mol. The minimum absolute atomic E-state index is 0.224. The van der Waals surface area contributed by atoms with Crippen LogP contribution in [0.5, 0.6) is 11.5 Å². The molecule has 23 heavy (non-hydrogen) atoms. The van der Waals surface area contributed by atoms with E-state index in [2.05, 4.69) is 12.1 Å². The second-order valence-electron chi connectivity index (χ2n) is 5.43. The summed E-state index contributed by atoms with van der Waals surface area (Å²) in [6, 6.07) is 12.2. The molecule has 0 radical (unpaired) electrons. The molecule has 1 heterocycles. The van der Waals surface area contributed by atoms with Crippen molar-refractivity contribution in [3.63, 3.8) is 0 Å². The van der Waals surface area contributed by atoms with E-state index in [0.717, 1.165) is 46.5 Å². The first-order valence-electron chi connectivity index (χ1n) is 7.74. The van der Waals surface area contributed by atoms with Crippen LogP contribution in [0.3, 0.4) is 0 Å². The summed E-state index contributed by atoms with van der Waals surface area (Å²) in [7, 11) is 0. The van der Waals surface area contributed by atoms with Crippen LogP contribution in [0.2, 0.25) is 0 Å². The van der Waals surface area contributed by atoms with Crippen LogP contribution < -0.4 is 0 Å². The van der Waals surface area contributed by atoms with Crippen molar-refractivity contribution in [1.82, 2.24) is 5.16 Å². The van der Waals surface area contributed by atoms with Crippen molar-refractivity contribution in [2.45, 2.75) is 26.7 Å². The fraction of sp³-hybridized carbons (Fsp3) is 0.211. The van der Waals surface area contributed by atoms with Crippen molar-refractivity contribution in [2.75, 3.05) is 0 Å². The molecule has 0 fully saturated rings. The maximum absolute atomic E-state index is 9.68. The molecule has 2 N–H and O–H groups in total. The van der Waals surface area contributed by atoms with Crippen LogP contribution in [0, 0.1) is 0 Å². The zero-order valence-electron chi connectivity index (χ0n) is 13.2. The predicted octanol–water partition coefficient (Wildman–Crippen LogP) is 4.54. The Kier molecular flexibility index (Phi) is 4.06. The molecule has 3 rings (SSSR count). The van der Waals surface area contributed by atoms with E-state index in [1.807, 2.05) is 25.1 Å². The van der Waals surface area contributed by atoms with Crippen LogP contribution >= 0.6 is 0 Å². The highest BCUT2D eigenvalue weighted by molar-refractivity contribution is 5.75. The minimum atomic E-state index is 0.224. The van der Waals surface area contributed by atoms with Crippen molar-refractivity contribution in [3.8, 4) is 34.1 Å². The van der Waals surface area contributed by atoms with E-state index in [4.69, 9.17) is 4.52 Å². The van der Waals surface area contributed by atoms with Crippen molar-refractivity contribution in [3.05, 3.63) is 53.6 Å². The first-order valence-corrected chi connectivity index (χ1v) is 7.74. The second kappa shape index (κ2) is 6.16. The van der Waals surface area contributed by atoms with Crippen LogP contribution in [-0.4, -0.2) is 15.4 Å². The summed E-state index contributed by atoms with van der Waals surface area (Å²) < 4.78 is 5.65. The number of aryl methyl sites for hydroxylation is 1. The number of phenolic OH excluding ortho intramolecular Hbond substituents is 2. The van der Waals surface area contributed by atoms with E-state index >= 15 is 0 Å². The number of hydrogen-bond donors (Lipinski definition) is 2. The molecule has 0 bridgehead atoms. The third-order valence-corrected chi connectivity index (χ3v) is 4.00. The molecule has 0 atom stereocenters. The van der Waals surface area contributed by atoms with Gasteiger partial charge in [0.2, 0.25) is 0 Å². The lowest BCUT2D eigenvalue weighted by Crippen LogP contribution is -1.91. The SMILES string of the molecule is CCc1cc(O)ccc1-c1onc(-c2ccc(O)cc2)c1CC. The molecule has 3 aromatic rings. The van der Waals surface area contributed by atoms with Crippen molar-refractivity contribution < 1.29 is 14.7 Å². The lowest BCUT2D eigenvalue weighted by molar-refractivity contribution is 0.433. The lowest BCUT2D eigenvalue weighted by atomic mass is 9.96. The lowest BCUT2D eigenvalue weighted by Gasteiger charge is -2.07. The van der Waals surface area contributed by atoms with Gasteiger partial charge in [0.25, 0.3) is 0 Å². The van der Waals surface area contributed by atoms with Gasteiger partial charge >= 0.3 is 0 Å². The first kappa shape index (κ1) is 15.2. The van der Waals surface area contributed by atoms with Gasteiger partial charge in [-0.05, 0) is 60.9 Å². The number of phenols is 2. The van der Waals surface area contributed by atoms with Gasteiger partial charge < -0.3 is 14.7 Å². The van der Waals surface area contributed by atoms with E-state index in [-0.39, 0.29) is 11.5 Å². The molecule has 0 amide bonds. The first-order chi connectivity index (χ1) is 11.1. The Morgan fingerprint density at radius 2 is 1.61 bits per heavy atom. The standard InChI is InChI=1S/C19H19NO3/c1-3-12-11-15(22)9-10-17(12)19-16(4-2)18(20-23-19)13-5-7-14(21)8-6-13/h5-11,21-22H,3-4H2,1-2H3. The van der Waals surface area contributed by atoms with E-state index < -0.39 is 0 Å². The maximum Gasteiger partial charge on any atom is 0.170 e. The fourth-order valence-electron chi connectivity index (χ4n) is 2.79. The summed E-state index contributed by atoms with van der Waals surface area (Å²) in [5, 5.41) is 23.4. The molecule has 0 saturated heterocycles. The van der Waals surface area contributed by atoms with Gasteiger partial charge in [0.05, 0.1) is 0 Å². The molecule has 0 aliphatic carbocycles. The summed E-state index contributed by atoms with van der Waals surface area (Å²) in [6.45, 7) is 4.10. The molecule has 4 nitrogen and oxygen atoms in total. The van der Waals surface area contributed by atoms with Crippen LogP contribution in [0.25, 0.3) is 22.6 Å². The zero-order valence-corrected chi connectivity index (χ0v) is 13.2. The summed E-state index contributed by atoms with van der Waals surface area (Å²) in [4.78, 5) is 0. The van der Waals surface area contributed by atoms with Gasteiger partial charge in [-0.15, -0.1) is 0 Å². The second-order valence-corrected chi connectivity index (χ2v) is 5.43. The number of rotatable bonds is 4. The summed E-state index contributed by atoms with van der Waals surface area (Å²) in [5.41, 5.74) is 4.70. The molecule has 118 valence electrons. The molecular weight excluding hydrogens is 290 g/mol. The Morgan fingerprint density at radius 1 is 0.913 bits per heavy atom. The molecule has 0 saturated carbocycles. The number of hydrogen-bond acceptors (Lipinski definition) is 4. The third kappa shape index (κ3) is 2.80. The zero-order chi connectivity index (χ0) is 16.4. The Hall–Kier alpha value is -2.75. The minimum Gasteiger partial charge on any atom is -0.508 e. The van der Waals surface area contributed by atoms with Gasteiger partial charge in [-0.25, -0.2) is 0 Å². The molecule has 4 heteroatoms. The fourth-order valence-corrected chi connectivity index (χ4v) is 2.79. The smallest absolute Gasteiger partial charge is 0.170 e. The molecule has 1 aromatic heterocycles. The summed E-state index contributed by atoms with van der Waals surface area (Å²) >= 11 is 0. The molecule has 0 aliphatic rings. The summed E-state index contributed by atoms with van der Waals surface area (Å²) in [6.07, 6.45) is 1.57. The molecule has 0 unspecified atom stereocenters. The van der Waals surface area contributed by atoms with Crippen LogP contribution in [-0.2, 0) is 12.8 Å². The van der Waals surface area contributed by atoms with Gasteiger partial charge in [0, 0.05) is 16.7 Å². The number of aromatic hydroxyl groups is 2. The van der Waals surface area contributed by atoms with E-state index in [1.165, 1.54) is 0 Å². The van der Waals surface area contributed by atoms with E-state index in [9.17, 15) is 10.2 Å². The van der Waals surface area contributed by atoms with Gasteiger partial charge in [-0.3, -0.25) is 0 Å². The topological polar surface area (TPSA) is 66.5 Å². The van der Waals surface area contributed by atoms with Gasteiger partial charge in [-0.1, -0.05) is 19.0 Å².